The monoisotopic (exact) mass is 241 g/mol. The van der Waals surface area contributed by atoms with Crippen LogP contribution in [0.4, 0.5) is 8.78 Å². The molecule has 0 radical (unpaired) electrons. The van der Waals surface area contributed by atoms with E-state index in [9.17, 15) is 13.9 Å². The van der Waals surface area contributed by atoms with Gasteiger partial charge in [-0.25, -0.2) is 8.78 Å². The molecule has 1 N–H and O–H groups in total. The third kappa shape index (κ3) is 5.04. The van der Waals surface area contributed by atoms with E-state index in [1.807, 2.05) is 0 Å². The molecule has 0 aromatic heterocycles. The first kappa shape index (κ1) is 13.8. The number of aliphatic hydroxyl groups excluding tert-OH is 1. The van der Waals surface area contributed by atoms with Crippen molar-refractivity contribution in [3.8, 4) is 0 Å². The Morgan fingerprint density at radius 3 is 2.59 bits per heavy atom. The van der Waals surface area contributed by atoms with Gasteiger partial charge in [-0.05, 0) is 30.9 Å². The quantitative estimate of drug-likeness (QED) is 0.789. The fourth-order valence-corrected chi connectivity index (χ4v) is 1.33. The van der Waals surface area contributed by atoms with Gasteiger partial charge < -0.3 is 5.11 Å². The lowest BCUT2D eigenvalue weighted by Crippen LogP contribution is -2.05. The number of rotatable bonds is 5. The summed E-state index contributed by atoms with van der Waals surface area (Å²) >= 11 is 0. The van der Waals surface area contributed by atoms with Crippen molar-refractivity contribution in [1.29, 1.82) is 0 Å². The molecule has 1 unspecified atom stereocenters. The van der Waals surface area contributed by atoms with Crippen LogP contribution >= 0.6 is 0 Å². The van der Waals surface area contributed by atoms with Gasteiger partial charge >= 0.3 is 0 Å². The summed E-state index contributed by atoms with van der Waals surface area (Å²) in [5.74, 6) is -0.813. The summed E-state index contributed by atoms with van der Waals surface area (Å²) in [6.07, 6.45) is 1.79. The van der Waals surface area contributed by atoms with Gasteiger partial charge in [-0.1, -0.05) is 13.8 Å². The molecule has 0 aliphatic heterocycles. The van der Waals surface area contributed by atoms with Crippen LogP contribution in [0.15, 0.2) is 23.2 Å². The molecule has 0 aliphatic carbocycles. The molecule has 4 heteroatoms. The topological polar surface area (TPSA) is 32.6 Å². The number of aliphatic imine (C=N–C) groups is 1. The Morgan fingerprint density at radius 2 is 2.00 bits per heavy atom. The highest BCUT2D eigenvalue weighted by Crippen LogP contribution is 2.10. The van der Waals surface area contributed by atoms with Crippen molar-refractivity contribution in [3.05, 3.63) is 35.4 Å². The van der Waals surface area contributed by atoms with Gasteiger partial charge in [-0.15, -0.1) is 0 Å². The van der Waals surface area contributed by atoms with E-state index in [0.717, 1.165) is 18.6 Å². The summed E-state index contributed by atoms with van der Waals surface area (Å²) in [4.78, 5) is 3.82. The zero-order valence-corrected chi connectivity index (χ0v) is 10.0. The Balaban J connectivity index is 2.57. The lowest BCUT2D eigenvalue weighted by Gasteiger charge is -2.07. The van der Waals surface area contributed by atoms with Crippen LogP contribution < -0.4 is 0 Å². The molecule has 0 saturated carbocycles. The smallest absolute Gasteiger partial charge is 0.145 e. The van der Waals surface area contributed by atoms with Crippen molar-refractivity contribution in [3.63, 3.8) is 0 Å². The average Bonchev–Trinajstić information content (AvgIpc) is 2.25. The maximum Gasteiger partial charge on any atom is 0.145 e. The molecule has 0 bridgehead atoms. The van der Waals surface area contributed by atoms with Crippen LogP contribution in [-0.4, -0.2) is 17.5 Å². The number of hydrogen-bond donors (Lipinski definition) is 1. The van der Waals surface area contributed by atoms with Crippen LogP contribution in [0, 0.1) is 17.6 Å². The Bertz CT molecular complexity index is 391. The lowest BCUT2D eigenvalue weighted by molar-refractivity contribution is 0.167. The van der Waals surface area contributed by atoms with Crippen LogP contribution in [0.3, 0.4) is 0 Å². The maximum atomic E-state index is 13.2. The van der Waals surface area contributed by atoms with Crippen molar-refractivity contribution in [2.75, 3.05) is 0 Å². The second kappa shape index (κ2) is 6.45. The van der Waals surface area contributed by atoms with Crippen molar-refractivity contribution in [1.82, 2.24) is 0 Å². The first-order valence-electron chi connectivity index (χ1n) is 5.65. The molecule has 1 rings (SSSR count). The van der Waals surface area contributed by atoms with E-state index < -0.39 is 17.9 Å². The minimum Gasteiger partial charge on any atom is -0.372 e. The Morgan fingerprint density at radius 1 is 1.29 bits per heavy atom. The van der Waals surface area contributed by atoms with E-state index >= 15 is 0 Å². The predicted octanol–water partition coefficient (Wildman–Crippen LogP) is 3.14. The first-order chi connectivity index (χ1) is 7.99. The van der Waals surface area contributed by atoms with E-state index in [1.165, 1.54) is 12.3 Å². The first-order valence-corrected chi connectivity index (χ1v) is 5.65. The van der Waals surface area contributed by atoms with Gasteiger partial charge in [0.05, 0.1) is 0 Å². The molecule has 0 heterocycles. The van der Waals surface area contributed by atoms with Gasteiger partial charge in [-0.3, -0.25) is 4.99 Å². The van der Waals surface area contributed by atoms with Gasteiger partial charge in [0, 0.05) is 17.8 Å². The van der Waals surface area contributed by atoms with Gasteiger partial charge in [0.25, 0.3) is 0 Å². The maximum absolute atomic E-state index is 13.2. The summed E-state index contributed by atoms with van der Waals surface area (Å²) < 4.78 is 25.8. The van der Waals surface area contributed by atoms with E-state index in [-0.39, 0.29) is 5.56 Å². The molecule has 17 heavy (non-hydrogen) atoms. The summed E-state index contributed by atoms with van der Waals surface area (Å²) in [5.41, 5.74) is 0.176. The van der Waals surface area contributed by atoms with Crippen molar-refractivity contribution < 1.29 is 13.9 Å². The minimum atomic E-state index is -0.832. The Labute approximate surface area is 100 Å². The Kier molecular flexibility index (Phi) is 5.22. The number of aliphatic hydroxyl groups is 1. The Hall–Kier alpha value is -1.29. The highest BCUT2D eigenvalue weighted by Gasteiger charge is 2.04. The zero-order valence-electron chi connectivity index (χ0n) is 10.0. The molecule has 94 valence electrons. The average molecular weight is 241 g/mol. The molecule has 0 spiro atoms. The van der Waals surface area contributed by atoms with Gasteiger partial charge in [0.2, 0.25) is 0 Å². The van der Waals surface area contributed by atoms with Crippen molar-refractivity contribution >= 4 is 6.21 Å². The second-order valence-corrected chi connectivity index (χ2v) is 4.40. The van der Waals surface area contributed by atoms with Crippen LogP contribution in [-0.2, 0) is 0 Å². The third-order valence-electron chi connectivity index (χ3n) is 2.35. The third-order valence-corrected chi connectivity index (χ3v) is 2.35. The molecule has 0 amide bonds. The van der Waals surface area contributed by atoms with Gasteiger partial charge in [-0.2, -0.15) is 0 Å². The molecule has 0 saturated heterocycles. The van der Waals surface area contributed by atoms with E-state index in [1.54, 1.807) is 0 Å². The van der Waals surface area contributed by atoms with Crippen LogP contribution in [0.25, 0.3) is 0 Å². The fourth-order valence-electron chi connectivity index (χ4n) is 1.33. The number of benzene rings is 1. The summed E-state index contributed by atoms with van der Waals surface area (Å²) in [6, 6.07) is 3.25. The molecular formula is C13H17F2NO. The number of nitrogens with zero attached hydrogens (tertiary/aromatic N) is 1. The van der Waals surface area contributed by atoms with Gasteiger partial charge in [0.15, 0.2) is 0 Å². The van der Waals surface area contributed by atoms with Crippen molar-refractivity contribution in [2.24, 2.45) is 10.9 Å². The molecule has 0 aliphatic rings. The largest absolute Gasteiger partial charge is 0.372 e. The molecule has 0 fully saturated rings. The van der Waals surface area contributed by atoms with Gasteiger partial charge in [0.1, 0.15) is 17.9 Å². The summed E-state index contributed by atoms with van der Waals surface area (Å²) in [7, 11) is 0. The summed E-state index contributed by atoms with van der Waals surface area (Å²) in [6.45, 7) is 4.10. The molecule has 1 aromatic rings. The lowest BCUT2D eigenvalue weighted by atomic mass is 10.1. The fraction of sp³-hybridized carbons (Fsp3) is 0.462. The molecular weight excluding hydrogens is 224 g/mol. The highest BCUT2D eigenvalue weighted by atomic mass is 19.1. The van der Waals surface area contributed by atoms with E-state index in [0.29, 0.717) is 12.3 Å². The van der Waals surface area contributed by atoms with E-state index in [4.69, 9.17) is 0 Å². The standard InChI is InChI=1S/C13H17F2NO/c1-9(2)3-6-13(17)16-8-10-4-5-11(14)7-12(10)15/h4-5,7-9,13,17H,3,6H2,1-2H3. The number of halogens is 2. The van der Waals surface area contributed by atoms with E-state index in [2.05, 4.69) is 18.8 Å². The molecule has 1 atom stereocenters. The number of hydrogen-bond acceptors (Lipinski definition) is 2. The molecule has 1 aromatic carbocycles. The van der Waals surface area contributed by atoms with Crippen LogP contribution in [0.1, 0.15) is 32.3 Å². The van der Waals surface area contributed by atoms with Crippen LogP contribution in [0.5, 0.6) is 0 Å². The minimum absolute atomic E-state index is 0.176. The molecule has 2 nitrogen and oxygen atoms in total. The predicted molar refractivity (Wildman–Crippen MR) is 64.0 cm³/mol. The highest BCUT2D eigenvalue weighted by molar-refractivity contribution is 5.79. The zero-order chi connectivity index (χ0) is 12.8. The SMILES string of the molecule is CC(C)CCC(O)N=Cc1ccc(F)cc1F. The normalized spacial score (nSPS) is 13.5. The van der Waals surface area contributed by atoms with Crippen molar-refractivity contribution in [2.45, 2.75) is 32.9 Å². The second-order valence-electron chi connectivity index (χ2n) is 4.40. The van der Waals surface area contributed by atoms with Crippen LogP contribution in [0.2, 0.25) is 0 Å². The summed E-state index contributed by atoms with van der Waals surface area (Å²) in [5, 5.41) is 9.51.